The molecule has 7 heteroatoms. The molecule has 0 amide bonds. The highest BCUT2D eigenvalue weighted by Crippen LogP contribution is 2.11. The third-order valence-electron chi connectivity index (χ3n) is 3.27. The molecule has 0 aliphatic rings. The van der Waals surface area contributed by atoms with E-state index < -0.39 is 6.10 Å². The predicted molar refractivity (Wildman–Crippen MR) is 81.7 cm³/mol. The van der Waals surface area contributed by atoms with E-state index in [0.717, 1.165) is 4.68 Å². The number of hydrogen-bond acceptors (Lipinski definition) is 5. The van der Waals surface area contributed by atoms with E-state index >= 15 is 0 Å². The number of fused-ring (bicyclic) bond motifs is 1. The largest absolute Gasteiger partial charge is 0.491 e. The highest BCUT2D eigenvalue weighted by molar-refractivity contribution is 5.76. The fourth-order valence-corrected chi connectivity index (χ4v) is 2.12. The molecule has 6 nitrogen and oxygen atoms in total. The lowest BCUT2D eigenvalue weighted by molar-refractivity contribution is 0.0873. The number of nitrogens with zero attached hydrogens (tertiary/aromatic N) is 3. The van der Waals surface area contributed by atoms with Gasteiger partial charge in [-0.05, 0) is 36.4 Å². The van der Waals surface area contributed by atoms with E-state index in [-0.39, 0.29) is 24.5 Å². The van der Waals surface area contributed by atoms with Crippen LogP contribution in [0.1, 0.15) is 0 Å². The quantitative estimate of drug-likeness (QED) is 0.769. The average molecular weight is 315 g/mol. The van der Waals surface area contributed by atoms with Gasteiger partial charge in [0.1, 0.15) is 29.8 Å². The summed E-state index contributed by atoms with van der Waals surface area (Å²) < 4.78 is 19.2. The molecule has 0 saturated carbocycles. The van der Waals surface area contributed by atoms with E-state index in [1.807, 2.05) is 0 Å². The first kappa shape index (κ1) is 15.1. The average Bonchev–Trinajstić information content (AvgIpc) is 2.57. The van der Waals surface area contributed by atoms with E-state index in [0.29, 0.717) is 16.7 Å². The summed E-state index contributed by atoms with van der Waals surface area (Å²) in [6.45, 7) is -0.0928. The van der Waals surface area contributed by atoms with Crippen molar-refractivity contribution >= 4 is 10.9 Å². The van der Waals surface area contributed by atoms with Crippen molar-refractivity contribution in [2.24, 2.45) is 0 Å². The highest BCUT2D eigenvalue weighted by Gasteiger charge is 2.11. The zero-order valence-electron chi connectivity index (χ0n) is 12.1. The Morgan fingerprint density at radius 1 is 1.17 bits per heavy atom. The molecule has 2 aromatic carbocycles. The Morgan fingerprint density at radius 2 is 1.91 bits per heavy atom. The summed E-state index contributed by atoms with van der Waals surface area (Å²) in [6.07, 6.45) is -0.951. The lowest BCUT2D eigenvalue weighted by Gasteiger charge is -2.13. The number of benzene rings is 2. The minimum atomic E-state index is -0.951. The van der Waals surface area contributed by atoms with Gasteiger partial charge in [-0.15, -0.1) is 5.10 Å². The zero-order valence-corrected chi connectivity index (χ0v) is 12.1. The van der Waals surface area contributed by atoms with Crippen LogP contribution < -0.4 is 10.3 Å². The van der Waals surface area contributed by atoms with Gasteiger partial charge in [-0.3, -0.25) is 4.79 Å². The van der Waals surface area contributed by atoms with Crippen LogP contribution in [0.5, 0.6) is 5.75 Å². The second-order valence-corrected chi connectivity index (χ2v) is 5.01. The van der Waals surface area contributed by atoms with Crippen molar-refractivity contribution in [3.05, 3.63) is 64.7 Å². The fourth-order valence-electron chi connectivity index (χ4n) is 2.12. The molecule has 0 unspecified atom stereocenters. The first-order chi connectivity index (χ1) is 11.1. The molecule has 1 N–H and O–H groups in total. The van der Waals surface area contributed by atoms with Crippen LogP contribution in [0.2, 0.25) is 0 Å². The fraction of sp³-hybridized carbons (Fsp3) is 0.188. The number of halogens is 1. The van der Waals surface area contributed by atoms with Crippen molar-refractivity contribution in [1.29, 1.82) is 0 Å². The predicted octanol–water partition coefficient (Wildman–Crippen LogP) is 1.37. The number of rotatable bonds is 5. The zero-order chi connectivity index (χ0) is 16.2. The van der Waals surface area contributed by atoms with Gasteiger partial charge >= 0.3 is 0 Å². The SMILES string of the molecule is O=c1c2ccccc2nnn1C[C@@H](O)COc1ccc(F)cc1. The Hall–Kier alpha value is -2.80. The van der Waals surface area contributed by atoms with Gasteiger partial charge in [0.25, 0.3) is 5.56 Å². The van der Waals surface area contributed by atoms with Gasteiger partial charge in [0, 0.05) is 0 Å². The van der Waals surface area contributed by atoms with Crippen molar-refractivity contribution in [1.82, 2.24) is 15.0 Å². The molecule has 0 bridgehead atoms. The van der Waals surface area contributed by atoms with Gasteiger partial charge in [-0.1, -0.05) is 17.3 Å². The van der Waals surface area contributed by atoms with Crippen LogP contribution in [-0.4, -0.2) is 32.8 Å². The molecule has 0 fully saturated rings. The first-order valence-corrected chi connectivity index (χ1v) is 7.02. The first-order valence-electron chi connectivity index (χ1n) is 7.02. The highest BCUT2D eigenvalue weighted by atomic mass is 19.1. The molecule has 0 aliphatic carbocycles. The van der Waals surface area contributed by atoms with Crippen LogP contribution in [0, 0.1) is 5.82 Å². The van der Waals surface area contributed by atoms with E-state index in [2.05, 4.69) is 10.3 Å². The monoisotopic (exact) mass is 315 g/mol. The van der Waals surface area contributed by atoms with Gasteiger partial charge in [-0.25, -0.2) is 9.07 Å². The second-order valence-electron chi connectivity index (χ2n) is 5.01. The van der Waals surface area contributed by atoms with E-state index in [1.54, 1.807) is 24.3 Å². The maximum absolute atomic E-state index is 12.8. The van der Waals surface area contributed by atoms with Crippen LogP contribution in [0.15, 0.2) is 53.3 Å². The number of aliphatic hydroxyl groups is 1. The molecule has 3 aromatic rings. The minimum Gasteiger partial charge on any atom is -0.491 e. The summed E-state index contributed by atoms with van der Waals surface area (Å²) in [5.74, 6) is 0.0679. The normalized spacial score (nSPS) is 12.3. The number of aliphatic hydroxyl groups excluding tert-OH is 1. The van der Waals surface area contributed by atoms with Crippen LogP contribution >= 0.6 is 0 Å². The Balaban J connectivity index is 1.68. The van der Waals surface area contributed by atoms with Crippen molar-refractivity contribution in [3.8, 4) is 5.75 Å². The number of ether oxygens (including phenoxy) is 1. The maximum Gasteiger partial charge on any atom is 0.277 e. The van der Waals surface area contributed by atoms with Crippen LogP contribution in [0.25, 0.3) is 10.9 Å². The summed E-state index contributed by atoms with van der Waals surface area (Å²) in [7, 11) is 0. The van der Waals surface area contributed by atoms with Gasteiger partial charge < -0.3 is 9.84 Å². The Morgan fingerprint density at radius 3 is 2.70 bits per heavy atom. The summed E-state index contributed by atoms with van der Waals surface area (Å²) in [4.78, 5) is 12.2. The molecule has 1 atom stereocenters. The molecular weight excluding hydrogens is 301 g/mol. The third kappa shape index (κ3) is 3.51. The van der Waals surface area contributed by atoms with Crippen LogP contribution in [0.4, 0.5) is 4.39 Å². The summed E-state index contributed by atoms with van der Waals surface area (Å²) in [6, 6.07) is 12.3. The lowest BCUT2D eigenvalue weighted by atomic mass is 10.2. The number of hydrogen-bond donors (Lipinski definition) is 1. The molecule has 3 rings (SSSR count). The lowest BCUT2D eigenvalue weighted by Crippen LogP contribution is -2.32. The summed E-state index contributed by atoms with van der Waals surface area (Å²) in [5, 5.41) is 18.2. The van der Waals surface area contributed by atoms with Gasteiger partial charge in [0.2, 0.25) is 0 Å². The summed E-state index contributed by atoms with van der Waals surface area (Å²) >= 11 is 0. The van der Waals surface area contributed by atoms with Crippen LogP contribution in [0.3, 0.4) is 0 Å². The molecule has 0 saturated heterocycles. The van der Waals surface area contributed by atoms with Crippen molar-refractivity contribution in [2.45, 2.75) is 12.6 Å². The molecule has 1 aromatic heterocycles. The minimum absolute atomic E-state index is 0.0438. The number of aromatic nitrogens is 3. The van der Waals surface area contributed by atoms with Crippen molar-refractivity contribution < 1.29 is 14.2 Å². The molecule has 0 spiro atoms. The maximum atomic E-state index is 12.8. The standard InChI is InChI=1S/C16H14FN3O3/c17-11-5-7-13(8-6-11)23-10-12(21)9-20-16(22)14-3-1-2-4-15(14)18-19-20/h1-8,12,21H,9-10H2/t12-/m1/s1. The Kier molecular flexibility index (Phi) is 4.29. The third-order valence-corrected chi connectivity index (χ3v) is 3.27. The Bertz CT molecular complexity index is 864. The molecular formula is C16H14FN3O3. The second kappa shape index (κ2) is 6.53. The van der Waals surface area contributed by atoms with Crippen LogP contribution in [-0.2, 0) is 6.54 Å². The smallest absolute Gasteiger partial charge is 0.277 e. The Labute approximate surface area is 130 Å². The molecule has 118 valence electrons. The van der Waals surface area contributed by atoms with Crippen molar-refractivity contribution in [2.75, 3.05) is 6.61 Å². The van der Waals surface area contributed by atoms with E-state index in [1.165, 1.54) is 24.3 Å². The van der Waals surface area contributed by atoms with Gasteiger partial charge in [-0.2, -0.15) is 0 Å². The van der Waals surface area contributed by atoms with E-state index in [4.69, 9.17) is 4.74 Å². The van der Waals surface area contributed by atoms with Crippen molar-refractivity contribution in [3.63, 3.8) is 0 Å². The summed E-state index contributed by atoms with van der Waals surface area (Å²) in [5.41, 5.74) is 0.183. The van der Waals surface area contributed by atoms with Gasteiger partial charge in [0.15, 0.2) is 0 Å². The molecule has 0 radical (unpaired) electrons. The molecule has 0 aliphatic heterocycles. The molecule has 23 heavy (non-hydrogen) atoms. The topological polar surface area (TPSA) is 77.2 Å². The van der Waals surface area contributed by atoms with E-state index in [9.17, 15) is 14.3 Å². The molecule has 1 heterocycles. The van der Waals surface area contributed by atoms with Gasteiger partial charge in [0.05, 0.1) is 11.9 Å².